The van der Waals surface area contributed by atoms with Crippen LogP contribution in [0.5, 0.6) is 0 Å². The third-order valence-corrected chi connectivity index (χ3v) is 3.69. The maximum Gasteiger partial charge on any atom is 0.119 e. The Labute approximate surface area is 101 Å². The molecule has 0 amide bonds. The van der Waals surface area contributed by atoms with E-state index in [0.717, 1.165) is 30.2 Å². The van der Waals surface area contributed by atoms with Crippen molar-refractivity contribution in [2.24, 2.45) is 0 Å². The molecule has 3 rings (SSSR count). The molecule has 3 heterocycles. The third-order valence-electron chi connectivity index (χ3n) is 3.69. The van der Waals surface area contributed by atoms with Crippen LogP contribution in [0.4, 0.5) is 5.82 Å². The standard InChI is InChI=1S/C13H18N4/c1-2-16-7-6-10(9-16)13-15-8-11-4-3-5-12(14)17(11)13/h3-5,8,10H,2,6-7,9,14H2,1H3. The zero-order chi connectivity index (χ0) is 11.8. The monoisotopic (exact) mass is 230 g/mol. The molecule has 0 radical (unpaired) electrons. The highest BCUT2D eigenvalue weighted by Crippen LogP contribution is 2.27. The van der Waals surface area contributed by atoms with Gasteiger partial charge in [0.05, 0.1) is 11.7 Å². The zero-order valence-corrected chi connectivity index (χ0v) is 10.1. The van der Waals surface area contributed by atoms with Gasteiger partial charge in [0.25, 0.3) is 0 Å². The molecule has 1 aliphatic rings. The van der Waals surface area contributed by atoms with Gasteiger partial charge in [0, 0.05) is 12.5 Å². The summed E-state index contributed by atoms with van der Waals surface area (Å²) in [5.41, 5.74) is 7.14. The average Bonchev–Trinajstić information content (AvgIpc) is 2.94. The number of anilines is 1. The fourth-order valence-corrected chi connectivity index (χ4v) is 2.72. The minimum absolute atomic E-state index is 0.516. The summed E-state index contributed by atoms with van der Waals surface area (Å²) in [5.74, 6) is 2.42. The van der Waals surface area contributed by atoms with E-state index in [9.17, 15) is 0 Å². The first kappa shape index (κ1) is 10.6. The zero-order valence-electron chi connectivity index (χ0n) is 10.1. The van der Waals surface area contributed by atoms with Gasteiger partial charge in [0.2, 0.25) is 0 Å². The van der Waals surface area contributed by atoms with E-state index in [4.69, 9.17) is 5.73 Å². The maximum absolute atomic E-state index is 6.05. The van der Waals surface area contributed by atoms with Crippen molar-refractivity contribution >= 4 is 11.3 Å². The van der Waals surface area contributed by atoms with E-state index < -0.39 is 0 Å². The highest BCUT2D eigenvalue weighted by atomic mass is 15.2. The second kappa shape index (κ2) is 4.04. The fourth-order valence-electron chi connectivity index (χ4n) is 2.72. The normalized spacial score (nSPS) is 21.4. The van der Waals surface area contributed by atoms with Crippen molar-refractivity contribution in [1.82, 2.24) is 14.3 Å². The Balaban J connectivity index is 2.01. The quantitative estimate of drug-likeness (QED) is 0.854. The summed E-state index contributed by atoms with van der Waals surface area (Å²) < 4.78 is 2.09. The minimum Gasteiger partial charge on any atom is -0.385 e. The van der Waals surface area contributed by atoms with Gasteiger partial charge in [0.1, 0.15) is 11.6 Å². The van der Waals surface area contributed by atoms with Gasteiger partial charge >= 0.3 is 0 Å². The summed E-state index contributed by atoms with van der Waals surface area (Å²) >= 11 is 0. The van der Waals surface area contributed by atoms with Gasteiger partial charge in [-0.3, -0.25) is 4.40 Å². The Morgan fingerprint density at radius 1 is 1.47 bits per heavy atom. The molecule has 2 aromatic rings. The molecule has 1 atom stereocenters. The van der Waals surface area contributed by atoms with Crippen LogP contribution in [0, 0.1) is 0 Å². The van der Waals surface area contributed by atoms with Gasteiger partial charge in [-0.2, -0.15) is 0 Å². The summed E-state index contributed by atoms with van der Waals surface area (Å²) in [5, 5.41) is 0. The molecular weight excluding hydrogens is 212 g/mol. The van der Waals surface area contributed by atoms with Crippen LogP contribution in [0.15, 0.2) is 24.4 Å². The van der Waals surface area contributed by atoms with Crippen molar-refractivity contribution in [3.8, 4) is 0 Å². The molecule has 0 saturated carbocycles. The molecule has 2 N–H and O–H groups in total. The Bertz CT molecular complexity index is 531. The van der Waals surface area contributed by atoms with Crippen LogP contribution in [0.25, 0.3) is 5.52 Å². The van der Waals surface area contributed by atoms with Gasteiger partial charge in [-0.15, -0.1) is 0 Å². The van der Waals surface area contributed by atoms with Crippen molar-refractivity contribution in [3.63, 3.8) is 0 Å². The second-order valence-electron chi connectivity index (χ2n) is 4.71. The van der Waals surface area contributed by atoms with E-state index in [1.807, 2.05) is 18.3 Å². The number of hydrogen-bond acceptors (Lipinski definition) is 3. The Hall–Kier alpha value is -1.55. The molecule has 1 fully saturated rings. The molecule has 17 heavy (non-hydrogen) atoms. The van der Waals surface area contributed by atoms with E-state index >= 15 is 0 Å². The molecule has 90 valence electrons. The summed E-state index contributed by atoms with van der Waals surface area (Å²) in [6.07, 6.45) is 3.10. The summed E-state index contributed by atoms with van der Waals surface area (Å²) in [6.45, 7) is 5.60. The van der Waals surface area contributed by atoms with Gasteiger partial charge in [-0.25, -0.2) is 4.98 Å². The lowest BCUT2D eigenvalue weighted by atomic mass is 10.1. The highest BCUT2D eigenvalue weighted by molar-refractivity contribution is 5.53. The van der Waals surface area contributed by atoms with Crippen molar-refractivity contribution in [2.45, 2.75) is 19.3 Å². The molecular formula is C13H18N4. The largest absolute Gasteiger partial charge is 0.385 e. The van der Waals surface area contributed by atoms with Gasteiger partial charge in [0.15, 0.2) is 0 Å². The summed E-state index contributed by atoms with van der Waals surface area (Å²) in [6, 6.07) is 5.97. The van der Waals surface area contributed by atoms with Crippen molar-refractivity contribution in [2.75, 3.05) is 25.4 Å². The Morgan fingerprint density at radius 2 is 2.35 bits per heavy atom. The van der Waals surface area contributed by atoms with E-state index in [1.165, 1.54) is 13.0 Å². The number of hydrogen-bond donors (Lipinski definition) is 1. The molecule has 0 spiro atoms. The first-order valence-corrected chi connectivity index (χ1v) is 6.23. The van der Waals surface area contributed by atoms with E-state index in [2.05, 4.69) is 27.3 Å². The molecule has 1 aliphatic heterocycles. The first-order chi connectivity index (χ1) is 8.29. The van der Waals surface area contributed by atoms with Gasteiger partial charge < -0.3 is 10.6 Å². The van der Waals surface area contributed by atoms with E-state index in [-0.39, 0.29) is 0 Å². The van der Waals surface area contributed by atoms with Crippen LogP contribution in [-0.4, -0.2) is 33.9 Å². The summed E-state index contributed by atoms with van der Waals surface area (Å²) in [7, 11) is 0. The molecule has 1 unspecified atom stereocenters. The third kappa shape index (κ3) is 1.69. The van der Waals surface area contributed by atoms with Crippen LogP contribution < -0.4 is 5.73 Å². The number of nitrogens with two attached hydrogens (primary N) is 1. The smallest absolute Gasteiger partial charge is 0.119 e. The summed E-state index contributed by atoms with van der Waals surface area (Å²) in [4.78, 5) is 7.03. The van der Waals surface area contributed by atoms with Crippen LogP contribution in [-0.2, 0) is 0 Å². The topological polar surface area (TPSA) is 46.6 Å². The van der Waals surface area contributed by atoms with Gasteiger partial charge in [-0.1, -0.05) is 13.0 Å². The van der Waals surface area contributed by atoms with Crippen molar-refractivity contribution < 1.29 is 0 Å². The van der Waals surface area contributed by atoms with Crippen LogP contribution in [0.1, 0.15) is 25.1 Å². The van der Waals surface area contributed by atoms with Crippen molar-refractivity contribution in [1.29, 1.82) is 0 Å². The minimum atomic E-state index is 0.516. The van der Waals surface area contributed by atoms with Crippen LogP contribution in [0.3, 0.4) is 0 Å². The number of likely N-dealkylation sites (tertiary alicyclic amines) is 1. The predicted octanol–water partition coefficient (Wildman–Crippen LogP) is 1.73. The van der Waals surface area contributed by atoms with Crippen LogP contribution >= 0.6 is 0 Å². The SMILES string of the molecule is CCN1CCC(c2ncc3cccc(N)n23)C1. The predicted molar refractivity (Wildman–Crippen MR) is 69.1 cm³/mol. The number of rotatable bonds is 2. The highest BCUT2D eigenvalue weighted by Gasteiger charge is 2.26. The van der Waals surface area contributed by atoms with Gasteiger partial charge in [-0.05, 0) is 31.6 Å². The number of likely N-dealkylation sites (N-methyl/N-ethyl adjacent to an activating group) is 1. The molecule has 4 nitrogen and oxygen atoms in total. The fraction of sp³-hybridized carbons (Fsp3) is 0.462. The average molecular weight is 230 g/mol. The number of pyridine rings is 1. The second-order valence-corrected chi connectivity index (χ2v) is 4.71. The lowest BCUT2D eigenvalue weighted by molar-refractivity contribution is 0.352. The lowest BCUT2D eigenvalue weighted by Crippen LogP contribution is -2.20. The Morgan fingerprint density at radius 3 is 3.12 bits per heavy atom. The number of nitrogens with zero attached hydrogens (tertiary/aromatic N) is 3. The van der Waals surface area contributed by atoms with E-state index in [0.29, 0.717) is 5.92 Å². The molecule has 4 heteroatoms. The molecule has 0 bridgehead atoms. The maximum atomic E-state index is 6.05. The van der Waals surface area contributed by atoms with Crippen molar-refractivity contribution in [3.05, 3.63) is 30.2 Å². The molecule has 1 saturated heterocycles. The first-order valence-electron chi connectivity index (χ1n) is 6.23. The lowest BCUT2D eigenvalue weighted by Gasteiger charge is -2.13. The van der Waals surface area contributed by atoms with E-state index in [1.54, 1.807) is 0 Å². The number of imidazole rings is 1. The number of fused-ring (bicyclic) bond motifs is 1. The Kier molecular flexibility index (Phi) is 2.52. The van der Waals surface area contributed by atoms with Crippen LogP contribution in [0.2, 0.25) is 0 Å². The molecule has 2 aromatic heterocycles. The molecule has 0 aliphatic carbocycles. The number of aromatic nitrogens is 2. The number of nitrogen functional groups attached to an aromatic ring is 1. The molecule has 0 aromatic carbocycles.